The van der Waals surface area contributed by atoms with E-state index in [1.54, 1.807) is 18.3 Å². The zero-order valence-corrected chi connectivity index (χ0v) is 9.67. The molecule has 0 fully saturated rings. The number of halogens is 1. The van der Waals surface area contributed by atoms with Crippen LogP contribution < -0.4 is 0 Å². The molecule has 0 aliphatic heterocycles. The number of hydrogen-bond donors (Lipinski definition) is 0. The standard InChI is InChI=1S/C12H9ClN4/c13-11-5-7-15-12-8-9(3-4-10(11)12)2-1-6-16-17-14/h1-5,7-8H,6H2. The van der Waals surface area contributed by atoms with Gasteiger partial charge in [0.05, 0.1) is 10.5 Å². The fourth-order valence-corrected chi connectivity index (χ4v) is 1.72. The third kappa shape index (κ3) is 2.75. The number of pyridine rings is 1. The van der Waals surface area contributed by atoms with Crippen LogP contribution in [0.3, 0.4) is 0 Å². The average Bonchev–Trinajstić information content (AvgIpc) is 2.35. The largest absolute Gasteiger partial charge is 0.256 e. The van der Waals surface area contributed by atoms with E-state index in [2.05, 4.69) is 15.0 Å². The quantitative estimate of drug-likeness (QED) is 0.453. The Bertz CT molecular complexity index is 615. The van der Waals surface area contributed by atoms with Crippen LogP contribution in [0.4, 0.5) is 0 Å². The van der Waals surface area contributed by atoms with E-state index in [4.69, 9.17) is 17.1 Å². The van der Waals surface area contributed by atoms with Crippen LogP contribution in [0.2, 0.25) is 5.02 Å². The molecule has 84 valence electrons. The topological polar surface area (TPSA) is 61.7 Å². The van der Waals surface area contributed by atoms with Crippen molar-refractivity contribution in [3.05, 3.63) is 57.6 Å². The third-order valence-corrected chi connectivity index (χ3v) is 2.60. The molecule has 0 radical (unpaired) electrons. The summed E-state index contributed by atoms with van der Waals surface area (Å²) in [5, 5.41) is 5.05. The first-order valence-electron chi connectivity index (χ1n) is 5.03. The van der Waals surface area contributed by atoms with Crippen LogP contribution in [0.5, 0.6) is 0 Å². The second-order valence-electron chi connectivity index (χ2n) is 3.39. The number of nitrogens with zero attached hydrogens (tertiary/aromatic N) is 4. The van der Waals surface area contributed by atoms with E-state index in [0.717, 1.165) is 16.5 Å². The lowest BCUT2D eigenvalue weighted by Crippen LogP contribution is -1.81. The Hall–Kier alpha value is -2.03. The highest BCUT2D eigenvalue weighted by molar-refractivity contribution is 6.35. The first-order valence-corrected chi connectivity index (χ1v) is 5.41. The summed E-state index contributed by atoms with van der Waals surface area (Å²) in [6.45, 7) is 0.345. The Morgan fingerprint density at radius 2 is 2.29 bits per heavy atom. The Kier molecular flexibility index (Phi) is 3.60. The normalized spacial score (nSPS) is 10.6. The molecule has 0 atom stereocenters. The van der Waals surface area contributed by atoms with Gasteiger partial charge in [-0.25, -0.2) is 0 Å². The monoisotopic (exact) mass is 244 g/mol. The van der Waals surface area contributed by atoms with Crippen LogP contribution in [0.15, 0.2) is 41.7 Å². The van der Waals surface area contributed by atoms with Gasteiger partial charge in [0.2, 0.25) is 0 Å². The first kappa shape index (κ1) is 11.5. The van der Waals surface area contributed by atoms with Gasteiger partial charge < -0.3 is 0 Å². The number of benzene rings is 1. The smallest absolute Gasteiger partial charge is 0.0722 e. The molecule has 0 bridgehead atoms. The van der Waals surface area contributed by atoms with Crippen LogP contribution in [-0.4, -0.2) is 11.5 Å². The molecule has 0 saturated carbocycles. The van der Waals surface area contributed by atoms with Gasteiger partial charge >= 0.3 is 0 Å². The summed E-state index contributed by atoms with van der Waals surface area (Å²) < 4.78 is 0. The molecule has 1 aromatic heterocycles. The minimum absolute atomic E-state index is 0.345. The van der Waals surface area contributed by atoms with Crippen molar-refractivity contribution in [2.45, 2.75) is 0 Å². The van der Waals surface area contributed by atoms with Crippen molar-refractivity contribution in [2.24, 2.45) is 5.11 Å². The van der Waals surface area contributed by atoms with Gasteiger partial charge in [0, 0.05) is 23.0 Å². The van der Waals surface area contributed by atoms with Gasteiger partial charge in [0.25, 0.3) is 0 Å². The van der Waals surface area contributed by atoms with Gasteiger partial charge in [0.15, 0.2) is 0 Å². The maximum Gasteiger partial charge on any atom is 0.0722 e. The van der Waals surface area contributed by atoms with E-state index in [-0.39, 0.29) is 0 Å². The van der Waals surface area contributed by atoms with Crippen molar-refractivity contribution in [3.63, 3.8) is 0 Å². The molecular formula is C12H9ClN4. The Balaban J connectivity index is 2.32. The zero-order valence-electron chi connectivity index (χ0n) is 8.92. The molecule has 0 amide bonds. The Morgan fingerprint density at radius 3 is 3.12 bits per heavy atom. The zero-order chi connectivity index (χ0) is 12.1. The second kappa shape index (κ2) is 5.34. The van der Waals surface area contributed by atoms with Crippen molar-refractivity contribution >= 4 is 28.6 Å². The molecular weight excluding hydrogens is 236 g/mol. The fourth-order valence-electron chi connectivity index (χ4n) is 1.51. The number of aromatic nitrogens is 1. The molecule has 1 aromatic carbocycles. The third-order valence-electron chi connectivity index (χ3n) is 2.27. The molecule has 0 spiro atoms. The molecule has 1 heterocycles. The number of fused-ring (bicyclic) bond motifs is 1. The van der Waals surface area contributed by atoms with Gasteiger partial charge in [-0.05, 0) is 23.2 Å². The van der Waals surface area contributed by atoms with Crippen LogP contribution in [0.25, 0.3) is 27.4 Å². The summed E-state index contributed by atoms with van der Waals surface area (Å²) in [4.78, 5) is 6.92. The van der Waals surface area contributed by atoms with E-state index < -0.39 is 0 Å². The number of rotatable bonds is 3. The Morgan fingerprint density at radius 1 is 1.41 bits per heavy atom. The van der Waals surface area contributed by atoms with Crippen LogP contribution >= 0.6 is 11.6 Å². The SMILES string of the molecule is [N-]=[N+]=NCC=Cc1ccc2c(Cl)ccnc2c1. The molecule has 5 heteroatoms. The summed E-state index contributed by atoms with van der Waals surface area (Å²) in [6, 6.07) is 7.58. The minimum Gasteiger partial charge on any atom is -0.256 e. The summed E-state index contributed by atoms with van der Waals surface area (Å²) >= 11 is 6.04. The summed E-state index contributed by atoms with van der Waals surface area (Å²) in [7, 11) is 0. The average molecular weight is 245 g/mol. The van der Waals surface area contributed by atoms with Gasteiger partial charge in [-0.2, -0.15) is 0 Å². The summed E-state index contributed by atoms with van der Waals surface area (Å²) in [5.74, 6) is 0. The minimum atomic E-state index is 0.345. The lowest BCUT2D eigenvalue weighted by Gasteiger charge is -2.00. The lowest BCUT2D eigenvalue weighted by molar-refractivity contribution is 1.22. The lowest BCUT2D eigenvalue weighted by atomic mass is 10.1. The molecule has 0 aliphatic rings. The van der Waals surface area contributed by atoms with Crippen LogP contribution in [0.1, 0.15) is 5.56 Å². The van der Waals surface area contributed by atoms with E-state index in [1.165, 1.54) is 0 Å². The van der Waals surface area contributed by atoms with Gasteiger partial charge in [0.1, 0.15) is 0 Å². The van der Waals surface area contributed by atoms with E-state index >= 15 is 0 Å². The predicted octanol–water partition coefficient (Wildman–Crippen LogP) is 4.21. The van der Waals surface area contributed by atoms with E-state index in [1.807, 2.05) is 24.3 Å². The number of azide groups is 1. The van der Waals surface area contributed by atoms with Gasteiger partial charge in [-0.1, -0.05) is 41.0 Å². The second-order valence-corrected chi connectivity index (χ2v) is 3.79. The maximum atomic E-state index is 8.14. The van der Waals surface area contributed by atoms with Gasteiger partial charge in [-0.15, -0.1) is 0 Å². The molecule has 17 heavy (non-hydrogen) atoms. The van der Waals surface area contributed by atoms with Crippen molar-refractivity contribution in [3.8, 4) is 0 Å². The highest BCUT2D eigenvalue weighted by atomic mass is 35.5. The van der Waals surface area contributed by atoms with Crippen LogP contribution in [-0.2, 0) is 0 Å². The summed E-state index contributed by atoms with van der Waals surface area (Å²) in [6.07, 6.45) is 5.36. The molecule has 0 saturated heterocycles. The fraction of sp³-hybridized carbons (Fsp3) is 0.0833. The van der Waals surface area contributed by atoms with E-state index in [9.17, 15) is 0 Å². The van der Waals surface area contributed by atoms with E-state index in [0.29, 0.717) is 11.6 Å². The molecule has 0 unspecified atom stereocenters. The highest BCUT2D eigenvalue weighted by Gasteiger charge is 1.99. The predicted molar refractivity (Wildman–Crippen MR) is 69.8 cm³/mol. The maximum absolute atomic E-state index is 8.14. The molecule has 0 aliphatic carbocycles. The molecule has 4 nitrogen and oxygen atoms in total. The van der Waals surface area contributed by atoms with Gasteiger partial charge in [-0.3, -0.25) is 4.98 Å². The van der Waals surface area contributed by atoms with Crippen LogP contribution in [0, 0.1) is 0 Å². The molecule has 2 rings (SSSR count). The molecule has 0 N–H and O–H groups in total. The van der Waals surface area contributed by atoms with Crippen molar-refractivity contribution in [1.29, 1.82) is 0 Å². The highest BCUT2D eigenvalue weighted by Crippen LogP contribution is 2.22. The summed E-state index contributed by atoms with van der Waals surface area (Å²) in [5.41, 5.74) is 9.99. The number of hydrogen-bond acceptors (Lipinski definition) is 2. The van der Waals surface area contributed by atoms with Crippen molar-refractivity contribution in [1.82, 2.24) is 4.98 Å². The van der Waals surface area contributed by atoms with Crippen molar-refractivity contribution < 1.29 is 0 Å². The first-order chi connectivity index (χ1) is 8.31. The molecule has 2 aromatic rings. The Labute approximate surface area is 103 Å². The van der Waals surface area contributed by atoms with Crippen molar-refractivity contribution in [2.75, 3.05) is 6.54 Å².